The summed E-state index contributed by atoms with van der Waals surface area (Å²) in [5, 5.41) is 7.08. The number of para-hydroxylation sites is 1. The summed E-state index contributed by atoms with van der Waals surface area (Å²) in [4.78, 5) is 35.2. The Hall–Kier alpha value is -4.31. The molecule has 1 unspecified atom stereocenters. The molecule has 0 saturated carbocycles. The van der Waals surface area contributed by atoms with Crippen molar-refractivity contribution in [2.75, 3.05) is 30.9 Å². The van der Waals surface area contributed by atoms with Crippen molar-refractivity contribution in [1.29, 1.82) is 0 Å². The van der Waals surface area contributed by atoms with Gasteiger partial charge < -0.3 is 15.2 Å². The van der Waals surface area contributed by atoms with E-state index in [1.54, 1.807) is 48.4 Å². The van der Waals surface area contributed by atoms with E-state index < -0.39 is 0 Å². The SMILES string of the molecule is CNC(=O)c1c(-n2ccnc2)cnc2c(C(CNc3cc(-c4ccc(C)nc4)ncn3)CSC)cccc12. The van der Waals surface area contributed by atoms with Crippen LogP contribution in [0.1, 0.15) is 27.5 Å². The van der Waals surface area contributed by atoms with Gasteiger partial charge in [0.25, 0.3) is 5.91 Å². The lowest BCUT2D eigenvalue weighted by Gasteiger charge is -2.20. The van der Waals surface area contributed by atoms with Gasteiger partial charge in [-0.3, -0.25) is 14.8 Å². The Labute approximate surface area is 225 Å². The van der Waals surface area contributed by atoms with Crippen LogP contribution < -0.4 is 10.6 Å². The number of nitrogens with one attached hydrogen (secondary N) is 2. The first-order chi connectivity index (χ1) is 18.6. The molecule has 4 aromatic heterocycles. The largest absolute Gasteiger partial charge is 0.369 e. The van der Waals surface area contributed by atoms with E-state index in [9.17, 15) is 4.79 Å². The molecule has 0 saturated heterocycles. The number of hydrogen-bond acceptors (Lipinski definition) is 8. The maximum absolute atomic E-state index is 13.0. The van der Waals surface area contributed by atoms with Crippen LogP contribution in [-0.4, -0.2) is 61.0 Å². The van der Waals surface area contributed by atoms with Crippen molar-refractivity contribution in [3.63, 3.8) is 0 Å². The molecule has 0 aliphatic heterocycles. The molecule has 0 bridgehead atoms. The number of imidazole rings is 1. The van der Waals surface area contributed by atoms with Gasteiger partial charge in [0.05, 0.1) is 35.0 Å². The Bertz CT molecular complexity index is 1550. The number of pyridine rings is 2. The van der Waals surface area contributed by atoms with Crippen LogP contribution in [0.3, 0.4) is 0 Å². The summed E-state index contributed by atoms with van der Waals surface area (Å²) in [5.41, 5.74) is 5.85. The number of aryl methyl sites for hydroxylation is 1. The summed E-state index contributed by atoms with van der Waals surface area (Å²) in [6.45, 7) is 2.60. The number of hydrogen-bond donors (Lipinski definition) is 2. The van der Waals surface area contributed by atoms with Crippen LogP contribution >= 0.6 is 11.8 Å². The molecule has 0 spiro atoms. The number of amides is 1. The molecule has 0 fully saturated rings. The standard InChI is InChI=1S/C28H28N8OS/c1-18-7-8-19(12-31-18)23-11-25(35-16-34-23)32-13-20(15-38-3)21-5-4-6-22-26(28(37)29-2)24(14-33-27(21)22)36-10-9-30-17-36/h4-12,14,16-17,20H,13,15H2,1-3H3,(H,29,37)(H,32,34,35). The lowest BCUT2D eigenvalue weighted by Crippen LogP contribution is -2.21. The fraction of sp³-hybridized carbons (Fsp3) is 0.214. The van der Waals surface area contributed by atoms with Gasteiger partial charge in [-0.2, -0.15) is 11.8 Å². The maximum Gasteiger partial charge on any atom is 0.253 e. The van der Waals surface area contributed by atoms with Crippen LogP contribution in [0.2, 0.25) is 0 Å². The predicted molar refractivity (Wildman–Crippen MR) is 152 cm³/mol. The smallest absolute Gasteiger partial charge is 0.253 e. The van der Waals surface area contributed by atoms with Crippen molar-refractivity contribution in [2.45, 2.75) is 12.8 Å². The van der Waals surface area contributed by atoms with E-state index in [0.29, 0.717) is 17.8 Å². The van der Waals surface area contributed by atoms with Crippen LogP contribution in [-0.2, 0) is 0 Å². The number of benzene rings is 1. The van der Waals surface area contributed by atoms with Crippen LogP contribution in [0.4, 0.5) is 5.82 Å². The summed E-state index contributed by atoms with van der Waals surface area (Å²) in [5.74, 6) is 1.56. The molecular weight excluding hydrogens is 496 g/mol. The third kappa shape index (κ3) is 5.21. The van der Waals surface area contributed by atoms with E-state index in [2.05, 4.69) is 42.9 Å². The summed E-state index contributed by atoms with van der Waals surface area (Å²) >= 11 is 1.77. The minimum Gasteiger partial charge on any atom is -0.369 e. The van der Waals surface area contributed by atoms with Gasteiger partial charge in [0.2, 0.25) is 0 Å². The normalized spacial score (nSPS) is 11.9. The van der Waals surface area contributed by atoms with Crippen molar-refractivity contribution >= 4 is 34.4 Å². The number of thioether (sulfide) groups is 1. The topological polar surface area (TPSA) is 111 Å². The first-order valence-electron chi connectivity index (χ1n) is 12.2. The summed E-state index contributed by atoms with van der Waals surface area (Å²) < 4.78 is 1.81. The number of nitrogens with zero attached hydrogens (tertiary/aromatic N) is 6. The number of carbonyl (C=O) groups is 1. The van der Waals surface area contributed by atoms with Gasteiger partial charge in [-0.15, -0.1) is 0 Å². The quantitative estimate of drug-likeness (QED) is 0.290. The zero-order valence-corrected chi connectivity index (χ0v) is 22.2. The fourth-order valence-corrected chi connectivity index (χ4v) is 5.14. The lowest BCUT2D eigenvalue weighted by molar-refractivity contribution is 0.0964. The van der Waals surface area contributed by atoms with Gasteiger partial charge >= 0.3 is 0 Å². The third-order valence-electron chi connectivity index (χ3n) is 6.36. The van der Waals surface area contributed by atoms with Crippen LogP contribution in [0.5, 0.6) is 0 Å². The van der Waals surface area contributed by atoms with E-state index in [4.69, 9.17) is 4.98 Å². The predicted octanol–water partition coefficient (Wildman–Crippen LogP) is 4.50. The van der Waals surface area contributed by atoms with Crippen molar-refractivity contribution in [1.82, 2.24) is 34.8 Å². The molecule has 1 amide bonds. The lowest BCUT2D eigenvalue weighted by atomic mass is 9.95. The average molecular weight is 525 g/mol. The third-order valence-corrected chi connectivity index (χ3v) is 7.09. The summed E-state index contributed by atoms with van der Waals surface area (Å²) in [6, 6.07) is 11.9. The van der Waals surface area contributed by atoms with Crippen molar-refractivity contribution in [3.05, 3.63) is 90.7 Å². The molecule has 0 aliphatic carbocycles. The monoisotopic (exact) mass is 524 g/mol. The molecule has 5 rings (SSSR count). The highest BCUT2D eigenvalue weighted by atomic mass is 32.2. The molecular formula is C28H28N8OS. The van der Waals surface area contributed by atoms with Gasteiger partial charge in [0.1, 0.15) is 12.1 Å². The van der Waals surface area contributed by atoms with Gasteiger partial charge in [-0.1, -0.05) is 18.2 Å². The second-order valence-electron chi connectivity index (χ2n) is 8.82. The first-order valence-corrected chi connectivity index (χ1v) is 13.6. The summed E-state index contributed by atoms with van der Waals surface area (Å²) in [7, 11) is 1.64. The zero-order valence-electron chi connectivity index (χ0n) is 21.4. The number of rotatable bonds is 9. The zero-order chi connectivity index (χ0) is 26.5. The van der Waals surface area contributed by atoms with E-state index in [0.717, 1.165) is 45.0 Å². The highest BCUT2D eigenvalue weighted by Gasteiger charge is 2.21. The number of aromatic nitrogens is 6. The summed E-state index contributed by atoms with van der Waals surface area (Å²) in [6.07, 6.45) is 12.4. The molecule has 2 N–H and O–H groups in total. The number of carbonyl (C=O) groups excluding carboxylic acids is 1. The Kier molecular flexibility index (Phi) is 7.60. The molecule has 1 atom stereocenters. The minimum absolute atomic E-state index is 0.122. The first kappa shape index (κ1) is 25.3. The Morgan fingerprint density at radius 2 is 2.00 bits per heavy atom. The van der Waals surface area contributed by atoms with E-state index in [1.165, 1.54) is 0 Å². The number of fused-ring (bicyclic) bond motifs is 1. The van der Waals surface area contributed by atoms with Crippen molar-refractivity contribution in [2.24, 2.45) is 0 Å². The van der Waals surface area contributed by atoms with E-state index in [-0.39, 0.29) is 11.8 Å². The highest BCUT2D eigenvalue weighted by Crippen LogP contribution is 2.31. The van der Waals surface area contributed by atoms with Gasteiger partial charge in [0, 0.05) is 66.6 Å². The molecule has 0 aliphatic rings. The molecule has 0 radical (unpaired) electrons. The molecule has 38 heavy (non-hydrogen) atoms. The van der Waals surface area contributed by atoms with Crippen molar-refractivity contribution in [3.8, 4) is 16.9 Å². The number of anilines is 1. The fourth-order valence-electron chi connectivity index (χ4n) is 4.44. The second kappa shape index (κ2) is 11.4. The van der Waals surface area contributed by atoms with Crippen LogP contribution in [0.15, 0.2) is 73.8 Å². The molecule has 4 heterocycles. The minimum atomic E-state index is -0.170. The molecule has 1 aromatic carbocycles. The highest BCUT2D eigenvalue weighted by molar-refractivity contribution is 7.98. The average Bonchev–Trinajstić information content (AvgIpc) is 3.49. The van der Waals surface area contributed by atoms with Crippen molar-refractivity contribution < 1.29 is 4.79 Å². The van der Waals surface area contributed by atoms with Gasteiger partial charge in [-0.25, -0.2) is 15.0 Å². The molecule has 9 nitrogen and oxygen atoms in total. The van der Waals surface area contributed by atoms with E-state index in [1.807, 2.05) is 49.6 Å². The van der Waals surface area contributed by atoms with Gasteiger partial charge in [-0.05, 0) is 30.9 Å². The Balaban J connectivity index is 1.48. The van der Waals surface area contributed by atoms with Crippen LogP contribution in [0, 0.1) is 6.92 Å². The molecule has 192 valence electrons. The Morgan fingerprint density at radius 3 is 2.74 bits per heavy atom. The maximum atomic E-state index is 13.0. The van der Waals surface area contributed by atoms with E-state index >= 15 is 0 Å². The van der Waals surface area contributed by atoms with Gasteiger partial charge in [0.15, 0.2) is 0 Å². The molecule has 10 heteroatoms. The Morgan fingerprint density at radius 1 is 1.11 bits per heavy atom. The van der Waals surface area contributed by atoms with Crippen LogP contribution in [0.25, 0.3) is 27.8 Å². The second-order valence-corrected chi connectivity index (χ2v) is 9.73. The molecule has 5 aromatic rings.